The summed E-state index contributed by atoms with van der Waals surface area (Å²) >= 11 is 0. The Balaban J connectivity index is 2.31. The molecule has 0 aromatic heterocycles. The first-order chi connectivity index (χ1) is 7.49. The zero-order valence-corrected chi connectivity index (χ0v) is 10.4. The van der Waals surface area contributed by atoms with E-state index in [1.165, 1.54) is 19.8 Å². The standard InChI is InChI=1S/C12H22N2O2/c1-8-4-6-11(7-5-8)14-12(16)9(2)13-10(3)15/h8-9,11H,4-7H2,1-3H3,(H,13,15)(H,14,16). The number of hydrogen-bond donors (Lipinski definition) is 2. The SMILES string of the molecule is CC(=O)NC(C)C(=O)NC1CCC(C)CC1. The van der Waals surface area contributed by atoms with Crippen LogP contribution in [0.25, 0.3) is 0 Å². The van der Waals surface area contributed by atoms with Crippen molar-refractivity contribution in [2.75, 3.05) is 0 Å². The summed E-state index contributed by atoms with van der Waals surface area (Å²) < 4.78 is 0. The summed E-state index contributed by atoms with van der Waals surface area (Å²) in [5.74, 6) is 0.538. The van der Waals surface area contributed by atoms with E-state index in [1.807, 2.05) is 0 Å². The molecule has 1 aliphatic carbocycles. The number of nitrogens with one attached hydrogen (secondary N) is 2. The van der Waals surface area contributed by atoms with Crippen molar-refractivity contribution in [3.05, 3.63) is 0 Å². The minimum absolute atomic E-state index is 0.0743. The van der Waals surface area contributed by atoms with Crippen LogP contribution in [-0.2, 0) is 9.59 Å². The Morgan fingerprint density at radius 3 is 2.25 bits per heavy atom. The van der Waals surface area contributed by atoms with Crippen LogP contribution < -0.4 is 10.6 Å². The van der Waals surface area contributed by atoms with E-state index < -0.39 is 6.04 Å². The van der Waals surface area contributed by atoms with Crippen LogP contribution in [0, 0.1) is 5.92 Å². The second-order valence-electron chi connectivity index (χ2n) is 4.89. The lowest BCUT2D eigenvalue weighted by atomic mass is 9.87. The first-order valence-corrected chi connectivity index (χ1v) is 6.06. The molecule has 2 N–H and O–H groups in total. The van der Waals surface area contributed by atoms with Gasteiger partial charge in [0, 0.05) is 13.0 Å². The largest absolute Gasteiger partial charge is 0.352 e. The summed E-state index contributed by atoms with van der Waals surface area (Å²) in [6, 6.07) is -0.142. The Morgan fingerprint density at radius 1 is 1.19 bits per heavy atom. The molecule has 0 saturated heterocycles. The summed E-state index contributed by atoms with van der Waals surface area (Å²) in [5, 5.41) is 5.58. The second-order valence-corrected chi connectivity index (χ2v) is 4.89. The van der Waals surface area contributed by atoms with Gasteiger partial charge in [-0.3, -0.25) is 9.59 Å². The van der Waals surface area contributed by atoms with Crippen molar-refractivity contribution in [1.29, 1.82) is 0 Å². The highest BCUT2D eigenvalue weighted by atomic mass is 16.2. The molecule has 0 heterocycles. The lowest BCUT2D eigenvalue weighted by molar-refractivity contribution is -0.128. The van der Waals surface area contributed by atoms with Crippen molar-refractivity contribution in [3.8, 4) is 0 Å². The molecular formula is C12H22N2O2. The zero-order valence-electron chi connectivity index (χ0n) is 10.4. The fourth-order valence-electron chi connectivity index (χ4n) is 2.10. The van der Waals surface area contributed by atoms with Crippen LogP contribution in [0.1, 0.15) is 46.5 Å². The Labute approximate surface area is 97.2 Å². The maximum Gasteiger partial charge on any atom is 0.242 e. The van der Waals surface area contributed by atoms with Crippen molar-refractivity contribution in [2.45, 2.75) is 58.5 Å². The van der Waals surface area contributed by atoms with Gasteiger partial charge in [0.2, 0.25) is 11.8 Å². The van der Waals surface area contributed by atoms with E-state index in [0.29, 0.717) is 6.04 Å². The van der Waals surface area contributed by atoms with Crippen LogP contribution in [0.2, 0.25) is 0 Å². The highest BCUT2D eigenvalue weighted by molar-refractivity contribution is 5.86. The van der Waals surface area contributed by atoms with Gasteiger partial charge in [0.25, 0.3) is 0 Å². The Morgan fingerprint density at radius 2 is 1.75 bits per heavy atom. The summed E-state index contributed by atoms with van der Waals surface area (Å²) in [6.45, 7) is 5.38. The molecule has 0 aromatic rings. The van der Waals surface area contributed by atoms with Gasteiger partial charge in [-0.2, -0.15) is 0 Å². The smallest absolute Gasteiger partial charge is 0.242 e. The van der Waals surface area contributed by atoms with Gasteiger partial charge in [-0.1, -0.05) is 6.92 Å². The topological polar surface area (TPSA) is 58.2 Å². The Hall–Kier alpha value is -1.06. The fourth-order valence-corrected chi connectivity index (χ4v) is 2.10. The summed E-state index contributed by atoms with van der Waals surface area (Å²) in [4.78, 5) is 22.5. The normalized spacial score (nSPS) is 26.9. The van der Waals surface area contributed by atoms with Crippen LogP contribution >= 0.6 is 0 Å². The zero-order chi connectivity index (χ0) is 12.1. The molecule has 16 heavy (non-hydrogen) atoms. The van der Waals surface area contributed by atoms with E-state index >= 15 is 0 Å². The quantitative estimate of drug-likeness (QED) is 0.760. The lowest BCUT2D eigenvalue weighted by Crippen LogP contribution is -2.48. The molecular weight excluding hydrogens is 204 g/mol. The predicted molar refractivity (Wildman–Crippen MR) is 62.8 cm³/mol. The molecule has 1 rings (SSSR count). The van der Waals surface area contributed by atoms with Crippen molar-refractivity contribution in [2.24, 2.45) is 5.92 Å². The van der Waals surface area contributed by atoms with Gasteiger partial charge < -0.3 is 10.6 Å². The second kappa shape index (κ2) is 5.87. The first kappa shape index (κ1) is 13.0. The third-order valence-electron chi connectivity index (χ3n) is 3.18. The predicted octanol–water partition coefficient (Wildman–Crippen LogP) is 1.21. The van der Waals surface area contributed by atoms with Crippen molar-refractivity contribution in [3.63, 3.8) is 0 Å². The Kier molecular flexibility index (Phi) is 4.77. The molecule has 4 heteroatoms. The number of hydrogen-bond acceptors (Lipinski definition) is 2. The fraction of sp³-hybridized carbons (Fsp3) is 0.833. The van der Waals surface area contributed by atoms with E-state index in [1.54, 1.807) is 6.92 Å². The van der Waals surface area contributed by atoms with Crippen molar-refractivity contribution in [1.82, 2.24) is 10.6 Å². The molecule has 0 radical (unpaired) electrons. The van der Waals surface area contributed by atoms with Crippen molar-refractivity contribution >= 4 is 11.8 Å². The maximum absolute atomic E-state index is 11.7. The van der Waals surface area contributed by atoms with Crippen LogP contribution in [0.4, 0.5) is 0 Å². The summed E-state index contributed by atoms with van der Waals surface area (Å²) in [6.07, 6.45) is 4.47. The van der Waals surface area contributed by atoms with E-state index in [9.17, 15) is 9.59 Å². The van der Waals surface area contributed by atoms with Crippen LogP contribution in [0.5, 0.6) is 0 Å². The number of carbonyl (C=O) groups excluding carboxylic acids is 2. The van der Waals surface area contributed by atoms with Gasteiger partial charge in [-0.25, -0.2) is 0 Å². The molecule has 4 nitrogen and oxygen atoms in total. The molecule has 1 fully saturated rings. The van der Waals surface area contributed by atoms with Crippen LogP contribution in [0.3, 0.4) is 0 Å². The summed E-state index contributed by atoms with van der Waals surface area (Å²) in [7, 11) is 0. The van der Waals surface area contributed by atoms with E-state index in [0.717, 1.165) is 18.8 Å². The molecule has 1 saturated carbocycles. The molecule has 0 aromatic carbocycles. The molecule has 0 aliphatic heterocycles. The lowest BCUT2D eigenvalue weighted by Gasteiger charge is -2.28. The third kappa shape index (κ3) is 4.21. The van der Waals surface area contributed by atoms with Gasteiger partial charge in [0.05, 0.1) is 0 Å². The van der Waals surface area contributed by atoms with E-state index in [-0.39, 0.29) is 11.8 Å². The molecule has 1 unspecified atom stereocenters. The number of amides is 2. The minimum Gasteiger partial charge on any atom is -0.352 e. The average molecular weight is 226 g/mol. The minimum atomic E-state index is -0.433. The molecule has 92 valence electrons. The summed E-state index contributed by atoms with van der Waals surface area (Å²) in [5.41, 5.74) is 0. The van der Waals surface area contributed by atoms with Gasteiger partial charge in [-0.05, 0) is 38.5 Å². The van der Waals surface area contributed by atoms with Gasteiger partial charge in [0.15, 0.2) is 0 Å². The molecule has 0 spiro atoms. The van der Waals surface area contributed by atoms with Crippen LogP contribution in [-0.4, -0.2) is 23.9 Å². The van der Waals surface area contributed by atoms with Gasteiger partial charge >= 0.3 is 0 Å². The highest BCUT2D eigenvalue weighted by Crippen LogP contribution is 2.23. The highest BCUT2D eigenvalue weighted by Gasteiger charge is 2.22. The third-order valence-corrected chi connectivity index (χ3v) is 3.18. The first-order valence-electron chi connectivity index (χ1n) is 6.06. The van der Waals surface area contributed by atoms with Gasteiger partial charge in [0.1, 0.15) is 6.04 Å². The monoisotopic (exact) mass is 226 g/mol. The van der Waals surface area contributed by atoms with E-state index in [4.69, 9.17) is 0 Å². The Bertz CT molecular complexity index is 258. The average Bonchev–Trinajstić information content (AvgIpc) is 2.20. The van der Waals surface area contributed by atoms with Gasteiger partial charge in [-0.15, -0.1) is 0 Å². The van der Waals surface area contributed by atoms with Crippen molar-refractivity contribution < 1.29 is 9.59 Å². The molecule has 0 bridgehead atoms. The number of carbonyl (C=O) groups is 2. The van der Waals surface area contributed by atoms with Crippen LogP contribution in [0.15, 0.2) is 0 Å². The number of rotatable bonds is 3. The van der Waals surface area contributed by atoms with E-state index in [2.05, 4.69) is 17.6 Å². The maximum atomic E-state index is 11.7. The molecule has 2 amide bonds. The molecule has 1 aliphatic rings. The molecule has 1 atom stereocenters.